The van der Waals surface area contributed by atoms with Crippen molar-refractivity contribution >= 4 is 21.8 Å². The fourth-order valence-electron chi connectivity index (χ4n) is 3.04. The second-order valence-electron chi connectivity index (χ2n) is 6.53. The molecule has 0 N–H and O–H groups in total. The number of piperidine rings is 1. The summed E-state index contributed by atoms with van der Waals surface area (Å²) < 4.78 is 47.2. The number of hydrogen-bond donors (Lipinski definition) is 0. The van der Waals surface area contributed by atoms with Gasteiger partial charge in [0.15, 0.2) is 0 Å². The monoisotopic (exact) mass is 457 g/mol. The Balaban J connectivity index is 1.52. The molecule has 1 fully saturated rings. The summed E-state index contributed by atoms with van der Waals surface area (Å²) in [5.74, 6) is -0.297. The van der Waals surface area contributed by atoms with Crippen LogP contribution in [-0.2, 0) is 11.3 Å². The minimum Gasteiger partial charge on any atom is -0.406 e. The summed E-state index contributed by atoms with van der Waals surface area (Å²) in [7, 11) is 0. The van der Waals surface area contributed by atoms with Gasteiger partial charge in [0.05, 0.1) is 12.7 Å². The molecule has 2 aromatic carbocycles. The topological polar surface area (TPSA) is 38.8 Å². The van der Waals surface area contributed by atoms with Crippen molar-refractivity contribution in [3.05, 3.63) is 64.1 Å². The Morgan fingerprint density at radius 2 is 1.79 bits per heavy atom. The highest BCUT2D eigenvalue weighted by atomic mass is 79.9. The third kappa shape index (κ3) is 5.97. The maximum Gasteiger partial charge on any atom is 0.573 e. The molecule has 1 aliphatic heterocycles. The van der Waals surface area contributed by atoms with Crippen molar-refractivity contribution in [1.29, 1.82) is 0 Å². The molecule has 0 radical (unpaired) electrons. The largest absolute Gasteiger partial charge is 0.573 e. The zero-order chi connectivity index (χ0) is 20.1. The second-order valence-corrected chi connectivity index (χ2v) is 7.44. The van der Waals surface area contributed by atoms with Crippen LogP contribution in [0.4, 0.5) is 13.2 Å². The summed E-state index contributed by atoms with van der Waals surface area (Å²) in [4.78, 5) is 14.4. The molecule has 8 heteroatoms. The standard InChI is InChI=1S/C20H19BrF3NO3/c21-16-7-5-15(6-8-16)19(26)25-11-1-2-18(12-25)27-13-14-3-9-17(10-4-14)28-20(22,23)24/h3-10,18H,1-2,11-13H2. The van der Waals surface area contributed by atoms with Crippen molar-refractivity contribution in [3.63, 3.8) is 0 Å². The molecule has 4 nitrogen and oxygen atoms in total. The molecule has 1 heterocycles. The van der Waals surface area contributed by atoms with Crippen LogP contribution in [0.1, 0.15) is 28.8 Å². The number of nitrogens with zero attached hydrogens (tertiary/aromatic N) is 1. The molecule has 1 unspecified atom stereocenters. The number of amides is 1. The van der Waals surface area contributed by atoms with Crippen LogP contribution in [0, 0.1) is 0 Å². The lowest BCUT2D eigenvalue weighted by Crippen LogP contribution is -2.43. The molecule has 2 aromatic rings. The fourth-order valence-corrected chi connectivity index (χ4v) is 3.30. The lowest BCUT2D eigenvalue weighted by Gasteiger charge is -2.32. The van der Waals surface area contributed by atoms with E-state index in [1.165, 1.54) is 24.3 Å². The summed E-state index contributed by atoms with van der Waals surface area (Å²) in [6.07, 6.45) is -3.14. The van der Waals surface area contributed by atoms with Crippen LogP contribution < -0.4 is 4.74 Å². The molecule has 1 aliphatic rings. The molecule has 1 atom stereocenters. The maximum atomic E-state index is 12.6. The first-order valence-electron chi connectivity index (χ1n) is 8.81. The minimum atomic E-state index is -4.70. The van der Waals surface area contributed by atoms with Crippen molar-refractivity contribution in [2.75, 3.05) is 13.1 Å². The Labute approximate surface area is 169 Å². The third-order valence-corrected chi connectivity index (χ3v) is 4.93. The maximum absolute atomic E-state index is 12.6. The fraction of sp³-hybridized carbons (Fsp3) is 0.350. The SMILES string of the molecule is O=C(c1ccc(Br)cc1)N1CCCC(OCc2ccc(OC(F)(F)F)cc2)C1. The predicted molar refractivity (Wildman–Crippen MR) is 101 cm³/mol. The van der Waals surface area contributed by atoms with Crippen molar-refractivity contribution in [2.24, 2.45) is 0 Å². The second kappa shape index (κ2) is 8.96. The molecule has 28 heavy (non-hydrogen) atoms. The Hall–Kier alpha value is -2.06. The number of carbonyl (C=O) groups is 1. The van der Waals surface area contributed by atoms with Crippen molar-refractivity contribution in [2.45, 2.75) is 31.9 Å². The number of rotatable bonds is 5. The average molecular weight is 458 g/mol. The molecule has 0 aromatic heterocycles. The van der Waals surface area contributed by atoms with Gasteiger partial charge in [-0.05, 0) is 54.8 Å². The van der Waals surface area contributed by atoms with Gasteiger partial charge in [0.1, 0.15) is 5.75 Å². The zero-order valence-electron chi connectivity index (χ0n) is 14.9. The van der Waals surface area contributed by atoms with Crippen LogP contribution in [0.15, 0.2) is 53.0 Å². The van der Waals surface area contributed by atoms with E-state index < -0.39 is 6.36 Å². The molecule has 1 amide bonds. The molecular weight excluding hydrogens is 439 g/mol. The van der Waals surface area contributed by atoms with E-state index in [-0.39, 0.29) is 24.4 Å². The summed E-state index contributed by atoms with van der Waals surface area (Å²) in [5.41, 5.74) is 1.37. The number of ether oxygens (including phenoxy) is 2. The van der Waals surface area contributed by atoms with Gasteiger partial charge in [-0.25, -0.2) is 0 Å². The quantitative estimate of drug-likeness (QED) is 0.621. The number of benzene rings is 2. The number of carbonyl (C=O) groups excluding carboxylic acids is 1. The van der Waals surface area contributed by atoms with E-state index in [0.29, 0.717) is 18.7 Å². The molecule has 0 spiro atoms. The highest BCUT2D eigenvalue weighted by Crippen LogP contribution is 2.24. The van der Waals surface area contributed by atoms with E-state index in [1.54, 1.807) is 17.0 Å². The lowest BCUT2D eigenvalue weighted by molar-refractivity contribution is -0.274. The van der Waals surface area contributed by atoms with E-state index in [2.05, 4.69) is 20.7 Å². The van der Waals surface area contributed by atoms with Gasteiger partial charge in [0, 0.05) is 23.1 Å². The number of alkyl halides is 3. The van der Waals surface area contributed by atoms with E-state index in [0.717, 1.165) is 22.9 Å². The van der Waals surface area contributed by atoms with Gasteiger partial charge in [-0.2, -0.15) is 0 Å². The van der Waals surface area contributed by atoms with E-state index in [1.807, 2.05) is 12.1 Å². The van der Waals surface area contributed by atoms with Crippen LogP contribution in [0.2, 0.25) is 0 Å². The highest BCUT2D eigenvalue weighted by molar-refractivity contribution is 9.10. The van der Waals surface area contributed by atoms with Gasteiger partial charge in [-0.3, -0.25) is 4.79 Å². The summed E-state index contributed by atoms with van der Waals surface area (Å²) >= 11 is 3.35. The van der Waals surface area contributed by atoms with Gasteiger partial charge in [0.2, 0.25) is 0 Å². The molecule has 0 saturated carbocycles. The van der Waals surface area contributed by atoms with Crippen LogP contribution in [-0.4, -0.2) is 36.4 Å². The first kappa shape index (κ1) is 20.7. The van der Waals surface area contributed by atoms with Crippen molar-refractivity contribution in [3.8, 4) is 5.75 Å². The predicted octanol–water partition coefficient (Wildman–Crippen LogP) is 5.17. The highest BCUT2D eigenvalue weighted by Gasteiger charge is 2.31. The first-order valence-corrected chi connectivity index (χ1v) is 9.60. The molecule has 0 bridgehead atoms. The Bertz CT molecular complexity index is 794. The smallest absolute Gasteiger partial charge is 0.406 e. The molecule has 0 aliphatic carbocycles. The number of hydrogen-bond acceptors (Lipinski definition) is 3. The van der Waals surface area contributed by atoms with Gasteiger partial charge >= 0.3 is 6.36 Å². The van der Waals surface area contributed by atoms with Crippen LogP contribution in [0.5, 0.6) is 5.75 Å². The van der Waals surface area contributed by atoms with E-state index in [4.69, 9.17) is 4.74 Å². The van der Waals surface area contributed by atoms with Crippen LogP contribution >= 0.6 is 15.9 Å². The minimum absolute atomic E-state index is 0.0329. The molecule has 1 saturated heterocycles. The van der Waals surface area contributed by atoms with Crippen molar-refractivity contribution < 1.29 is 27.4 Å². The zero-order valence-corrected chi connectivity index (χ0v) is 16.5. The van der Waals surface area contributed by atoms with Gasteiger partial charge in [0.25, 0.3) is 5.91 Å². The van der Waals surface area contributed by atoms with Crippen molar-refractivity contribution in [1.82, 2.24) is 4.90 Å². The number of halogens is 4. The van der Waals surface area contributed by atoms with E-state index in [9.17, 15) is 18.0 Å². The van der Waals surface area contributed by atoms with Gasteiger partial charge in [-0.1, -0.05) is 28.1 Å². The lowest BCUT2D eigenvalue weighted by atomic mass is 10.1. The average Bonchev–Trinajstić information content (AvgIpc) is 2.66. The summed E-state index contributed by atoms with van der Waals surface area (Å²) in [5, 5.41) is 0. The first-order chi connectivity index (χ1) is 13.3. The van der Waals surface area contributed by atoms with Gasteiger partial charge < -0.3 is 14.4 Å². The Morgan fingerprint density at radius 1 is 1.11 bits per heavy atom. The molecule has 150 valence electrons. The third-order valence-electron chi connectivity index (χ3n) is 4.40. The molecule has 3 rings (SSSR count). The summed E-state index contributed by atoms with van der Waals surface area (Å²) in [6, 6.07) is 12.8. The normalized spacial score (nSPS) is 17.4. The van der Waals surface area contributed by atoms with Gasteiger partial charge in [-0.15, -0.1) is 13.2 Å². The van der Waals surface area contributed by atoms with Crippen LogP contribution in [0.3, 0.4) is 0 Å². The van der Waals surface area contributed by atoms with E-state index >= 15 is 0 Å². The van der Waals surface area contributed by atoms with Crippen LogP contribution in [0.25, 0.3) is 0 Å². The molecular formula is C20H19BrF3NO3. The Morgan fingerprint density at radius 3 is 2.43 bits per heavy atom. The summed E-state index contributed by atoms with van der Waals surface area (Å²) in [6.45, 7) is 1.43. The Kier molecular flexibility index (Phi) is 6.61. The number of likely N-dealkylation sites (tertiary alicyclic amines) is 1.